The molecule has 0 aliphatic heterocycles. The van der Waals surface area contributed by atoms with Crippen molar-refractivity contribution in [3.63, 3.8) is 0 Å². The summed E-state index contributed by atoms with van der Waals surface area (Å²) in [6.07, 6.45) is 3.31. The number of pyridine rings is 1. The molecule has 0 N–H and O–H groups in total. The lowest BCUT2D eigenvalue weighted by atomic mass is 10.2. The minimum Gasteiger partial charge on any atom is -0.346 e. The van der Waals surface area contributed by atoms with E-state index in [0.29, 0.717) is 12.1 Å². The number of fused-ring (bicyclic) bond motifs is 1. The number of aromatic nitrogens is 2. The molecule has 0 atom stereocenters. The fraction of sp³-hybridized carbons (Fsp3) is 0.263. The lowest BCUT2D eigenvalue weighted by Crippen LogP contribution is -2.37. The van der Waals surface area contributed by atoms with E-state index in [-0.39, 0.29) is 11.9 Å². The van der Waals surface area contributed by atoms with Crippen LogP contribution in [0.2, 0.25) is 0 Å². The van der Waals surface area contributed by atoms with E-state index >= 15 is 0 Å². The van der Waals surface area contributed by atoms with Crippen LogP contribution in [0.15, 0.2) is 54.9 Å². The number of hydrogen-bond donors (Lipinski definition) is 0. The average Bonchev–Trinajstić information content (AvgIpc) is 2.89. The van der Waals surface area contributed by atoms with Crippen LogP contribution in [0, 0.1) is 0 Å². The Bertz CT molecular complexity index is 821. The number of hydrogen-bond acceptors (Lipinski definition) is 2. The van der Waals surface area contributed by atoms with Crippen LogP contribution in [0.25, 0.3) is 10.9 Å². The monoisotopic (exact) mass is 307 g/mol. The van der Waals surface area contributed by atoms with Gasteiger partial charge in [0, 0.05) is 36.7 Å². The lowest BCUT2D eigenvalue weighted by Gasteiger charge is -2.27. The highest BCUT2D eigenvalue weighted by Gasteiger charge is 2.20. The van der Waals surface area contributed by atoms with Gasteiger partial charge in [-0.25, -0.2) is 0 Å². The van der Waals surface area contributed by atoms with E-state index in [9.17, 15) is 4.79 Å². The second-order valence-electron chi connectivity index (χ2n) is 6.02. The standard InChI is InChI=1S/C19H21N3O/c1-14(2)22(19(23)16-8-6-10-20-12-16)13-17-11-15-7-4-5-9-18(15)21(17)3/h4-12,14H,13H2,1-3H3. The van der Waals surface area contributed by atoms with Crippen molar-refractivity contribution in [2.75, 3.05) is 0 Å². The van der Waals surface area contributed by atoms with Gasteiger partial charge in [-0.05, 0) is 43.5 Å². The molecule has 0 saturated carbocycles. The van der Waals surface area contributed by atoms with Crippen LogP contribution in [-0.2, 0) is 13.6 Å². The molecule has 1 amide bonds. The van der Waals surface area contributed by atoms with E-state index in [0.717, 1.165) is 5.69 Å². The van der Waals surface area contributed by atoms with Crippen molar-refractivity contribution in [1.29, 1.82) is 0 Å². The molecule has 0 spiro atoms. The van der Waals surface area contributed by atoms with Crippen LogP contribution in [-0.4, -0.2) is 26.4 Å². The van der Waals surface area contributed by atoms with E-state index in [1.807, 2.05) is 44.0 Å². The molecule has 118 valence electrons. The van der Waals surface area contributed by atoms with Gasteiger partial charge in [-0.3, -0.25) is 9.78 Å². The summed E-state index contributed by atoms with van der Waals surface area (Å²) < 4.78 is 2.15. The number of aryl methyl sites for hydroxylation is 1. The number of carbonyl (C=O) groups is 1. The van der Waals surface area contributed by atoms with Gasteiger partial charge in [0.05, 0.1) is 12.1 Å². The van der Waals surface area contributed by atoms with Crippen LogP contribution >= 0.6 is 0 Å². The van der Waals surface area contributed by atoms with Crippen molar-refractivity contribution >= 4 is 16.8 Å². The van der Waals surface area contributed by atoms with E-state index in [4.69, 9.17) is 0 Å². The second kappa shape index (κ2) is 6.24. The minimum atomic E-state index is 0.0124. The Morgan fingerprint density at radius 1 is 1.22 bits per heavy atom. The predicted molar refractivity (Wildman–Crippen MR) is 92.2 cm³/mol. The van der Waals surface area contributed by atoms with Crippen molar-refractivity contribution in [3.05, 3.63) is 66.1 Å². The third kappa shape index (κ3) is 2.97. The summed E-state index contributed by atoms with van der Waals surface area (Å²) in [5.41, 5.74) is 2.93. The Hall–Kier alpha value is -2.62. The van der Waals surface area contributed by atoms with Crippen LogP contribution in [0.5, 0.6) is 0 Å². The molecule has 0 saturated heterocycles. The van der Waals surface area contributed by atoms with Crippen molar-refractivity contribution in [2.24, 2.45) is 7.05 Å². The summed E-state index contributed by atoms with van der Waals surface area (Å²) in [4.78, 5) is 18.7. The molecule has 4 nitrogen and oxygen atoms in total. The molecular formula is C19H21N3O. The number of amides is 1. The molecule has 0 aliphatic rings. The van der Waals surface area contributed by atoms with Gasteiger partial charge in [-0.2, -0.15) is 0 Å². The minimum absolute atomic E-state index is 0.0124. The first-order valence-corrected chi connectivity index (χ1v) is 7.82. The highest BCUT2D eigenvalue weighted by Crippen LogP contribution is 2.21. The van der Waals surface area contributed by atoms with Crippen LogP contribution < -0.4 is 0 Å². The van der Waals surface area contributed by atoms with Gasteiger partial charge in [0.2, 0.25) is 0 Å². The van der Waals surface area contributed by atoms with E-state index in [1.54, 1.807) is 18.5 Å². The Kier molecular flexibility index (Phi) is 4.15. The Labute approximate surface area is 136 Å². The third-order valence-corrected chi connectivity index (χ3v) is 4.18. The predicted octanol–water partition coefficient (Wildman–Crippen LogP) is 3.62. The smallest absolute Gasteiger partial charge is 0.256 e. The molecule has 0 fully saturated rings. The third-order valence-electron chi connectivity index (χ3n) is 4.18. The molecule has 0 unspecified atom stereocenters. The largest absolute Gasteiger partial charge is 0.346 e. The van der Waals surface area contributed by atoms with Crippen LogP contribution in [0.4, 0.5) is 0 Å². The fourth-order valence-corrected chi connectivity index (χ4v) is 2.82. The summed E-state index contributed by atoms with van der Waals surface area (Å²) in [7, 11) is 2.05. The molecule has 2 heterocycles. The number of para-hydroxylation sites is 1. The molecule has 23 heavy (non-hydrogen) atoms. The topological polar surface area (TPSA) is 38.1 Å². The maximum atomic E-state index is 12.8. The van der Waals surface area contributed by atoms with Crippen molar-refractivity contribution in [3.8, 4) is 0 Å². The average molecular weight is 307 g/mol. The summed E-state index contributed by atoms with van der Waals surface area (Å²) in [5.74, 6) is 0.0124. The van der Waals surface area contributed by atoms with E-state index in [1.165, 1.54) is 10.9 Å². The van der Waals surface area contributed by atoms with Crippen molar-refractivity contribution in [2.45, 2.75) is 26.4 Å². The molecule has 0 bridgehead atoms. The van der Waals surface area contributed by atoms with Crippen molar-refractivity contribution < 1.29 is 4.79 Å². The number of rotatable bonds is 4. The lowest BCUT2D eigenvalue weighted by molar-refractivity contribution is 0.0686. The van der Waals surface area contributed by atoms with Gasteiger partial charge in [0.25, 0.3) is 5.91 Å². The van der Waals surface area contributed by atoms with Gasteiger partial charge >= 0.3 is 0 Å². The molecule has 2 aromatic heterocycles. The fourth-order valence-electron chi connectivity index (χ4n) is 2.82. The Balaban J connectivity index is 1.93. The first-order chi connectivity index (χ1) is 11.1. The summed E-state index contributed by atoms with van der Waals surface area (Å²) >= 11 is 0. The second-order valence-corrected chi connectivity index (χ2v) is 6.02. The van der Waals surface area contributed by atoms with Crippen molar-refractivity contribution in [1.82, 2.24) is 14.5 Å². The Morgan fingerprint density at radius 3 is 2.65 bits per heavy atom. The van der Waals surface area contributed by atoms with E-state index < -0.39 is 0 Å². The SMILES string of the molecule is CC(C)N(Cc1cc2ccccc2n1C)C(=O)c1cccnc1. The Morgan fingerprint density at radius 2 is 2.00 bits per heavy atom. The zero-order valence-corrected chi connectivity index (χ0v) is 13.7. The molecule has 1 aromatic carbocycles. The maximum Gasteiger partial charge on any atom is 0.256 e. The first-order valence-electron chi connectivity index (χ1n) is 7.82. The molecule has 0 radical (unpaired) electrons. The number of benzene rings is 1. The molecule has 0 aliphatic carbocycles. The first kappa shape index (κ1) is 15.3. The van der Waals surface area contributed by atoms with Gasteiger partial charge in [-0.15, -0.1) is 0 Å². The zero-order chi connectivity index (χ0) is 16.4. The summed E-state index contributed by atoms with van der Waals surface area (Å²) in [6, 6.07) is 14.1. The van der Waals surface area contributed by atoms with Crippen LogP contribution in [0.1, 0.15) is 29.9 Å². The highest BCUT2D eigenvalue weighted by molar-refractivity contribution is 5.94. The molecule has 3 aromatic rings. The zero-order valence-electron chi connectivity index (χ0n) is 13.7. The van der Waals surface area contributed by atoms with Gasteiger partial charge in [0.15, 0.2) is 0 Å². The molecular weight excluding hydrogens is 286 g/mol. The number of carbonyl (C=O) groups excluding carboxylic acids is 1. The van der Waals surface area contributed by atoms with Gasteiger partial charge in [0.1, 0.15) is 0 Å². The maximum absolute atomic E-state index is 12.8. The molecule has 3 rings (SSSR count). The normalized spacial score (nSPS) is 11.1. The number of nitrogens with zero attached hydrogens (tertiary/aromatic N) is 3. The van der Waals surface area contributed by atoms with E-state index in [2.05, 4.69) is 27.8 Å². The molecule has 4 heteroatoms. The van der Waals surface area contributed by atoms with Gasteiger partial charge < -0.3 is 9.47 Å². The quantitative estimate of drug-likeness (QED) is 0.738. The summed E-state index contributed by atoms with van der Waals surface area (Å²) in [6.45, 7) is 4.66. The van der Waals surface area contributed by atoms with Crippen LogP contribution in [0.3, 0.4) is 0 Å². The summed E-state index contributed by atoms with van der Waals surface area (Å²) in [5, 5.41) is 1.20. The highest BCUT2D eigenvalue weighted by atomic mass is 16.2. The van der Waals surface area contributed by atoms with Gasteiger partial charge in [-0.1, -0.05) is 18.2 Å².